The lowest BCUT2D eigenvalue weighted by atomic mass is 10.1. The van der Waals surface area contributed by atoms with Gasteiger partial charge in [-0.2, -0.15) is 12.6 Å². The number of carboxylic acids is 2. The minimum Gasteiger partial charge on any atom is -0.481 e. The van der Waals surface area contributed by atoms with Gasteiger partial charge in [-0.1, -0.05) is 0 Å². The van der Waals surface area contributed by atoms with E-state index in [0.717, 1.165) is 4.90 Å². The summed E-state index contributed by atoms with van der Waals surface area (Å²) < 4.78 is 0. The number of carboxylic acid groups (broad SMARTS) is 2. The highest BCUT2D eigenvalue weighted by Crippen LogP contribution is 2.19. The van der Waals surface area contributed by atoms with Crippen LogP contribution in [0.4, 0.5) is 0 Å². The number of nitrogens with two attached hydrogens (primary N) is 3. The maximum absolute atomic E-state index is 13.1. The van der Waals surface area contributed by atoms with Crippen LogP contribution in [0.3, 0.4) is 0 Å². The number of guanidine groups is 1. The minimum absolute atomic E-state index is 0.0370. The van der Waals surface area contributed by atoms with E-state index in [9.17, 15) is 29.1 Å². The van der Waals surface area contributed by atoms with E-state index >= 15 is 0 Å². The number of rotatable bonds is 13. The highest BCUT2D eigenvalue weighted by Gasteiger charge is 2.38. The summed E-state index contributed by atoms with van der Waals surface area (Å²) in [5.74, 6) is -5.07. The number of amides is 3. The number of aliphatic carboxylic acids is 2. The lowest BCUT2D eigenvalue weighted by Gasteiger charge is -2.28. The van der Waals surface area contributed by atoms with E-state index in [1.165, 1.54) is 0 Å². The minimum atomic E-state index is -1.51. The van der Waals surface area contributed by atoms with Crippen LogP contribution in [0.5, 0.6) is 0 Å². The topological polar surface area (TPSA) is 244 Å². The van der Waals surface area contributed by atoms with E-state index in [2.05, 4.69) is 28.3 Å². The molecule has 0 aliphatic carbocycles. The van der Waals surface area contributed by atoms with E-state index in [4.69, 9.17) is 22.3 Å². The SMILES string of the molecule is NC(N)=NCCCC(NC(=O)C(CC(=O)O)NC(=O)C(N)CS)C(=O)N1CCCC1C(=O)O. The highest BCUT2D eigenvalue weighted by atomic mass is 32.1. The zero-order chi connectivity index (χ0) is 25.1. The van der Waals surface area contributed by atoms with Gasteiger partial charge in [-0.05, 0) is 25.7 Å². The first-order valence-electron chi connectivity index (χ1n) is 10.3. The zero-order valence-corrected chi connectivity index (χ0v) is 18.9. The number of hydrogen-bond acceptors (Lipinski definition) is 8. The van der Waals surface area contributed by atoms with E-state index in [-0.39, 0.29) is 44.1 Å². The van der Waals surface area contributed by atoms with Gasteiger partial charge in [-0.15, -0.1) is 0 Å². The number of aliphatic imine (C=N–C) groups is 1. The molecule has 1 fully saturated rings. The molecular weight excluding hydrogens is 458 g/mol. The largest absolute Gasteiger partial charge is 0.481 e. The third kappa shape index (κ3) is 9.13. The molecule has 10 N–H and O–H groups in total. The van der Waals surface area contributed by atoms with Crippen molar-refractivity contribution in [3.05, 3.63) is 0 Å². The molecule has 1 saturated heterocycles. The molecule has 0 saturated carbocycles. The first kappa shape index (κ1) is 28.0. The summed E-state index contributed by atoms with van der Waals surface area (Å²) in [6, 6.07) is -4.80. The van der Waals surface area contributed by atoms with Crippen molar-refractivity contribution in [1.82, 2.24) is 15.5 Å². The molecule has 1 heterocycles. The number of carbonyl (C=O) groups is 5. The van der Waals surface area contributed by atoms with Crippen molar-refractivity contribution in [3.63, 3.8) is 0 Å². The van der Waals surface area contributed by atoms with Crippen LogP contribution in [0.25, 0.3) is 0 Å². The molecule has 1 rings (SSSR count). The van der Waals surface area contributed by atoms with Gasteiger partial charge < -0.3 is 42.9 Å². The monoisotopic (exact) mass is 489 g/mol. The van der Waals surface area contributed by atoms with Crippen LogP contribution in [0, 0.1) is 0 Å². The van der Waals surface area contributed by atoms with Crippen LogP contribution in [0.2, 0.25) is 0 Å². The van der Waals surface area contributed by atoms with Crippen LogP contribution in [0.1, 0.15) is 32.1 Å². The Morgan fingerprint density at radius 2 is 1.73 bits per heavy atom. The van der Waals surface area contributed by atoms with Gasteiger partial charge >= 0.3 is 11.9 Å². The molecule has 4 atom stereocenters. The molecule has 4 unspecified atom stereocenters. The van der Waals surface area contributed by atoms with Crippen molar-refractivity contribution in [1.29, 1.82) is 0 Å². The van der Waals surface area contributed by atoms with Crippen molar-refractivity contribution < 1.29 is 34.2 Å². The van der Waals surface area contributed by atoms with E-state index < -0.39 is 60.2 Å². The Hall–Kier alpha value is -3.07. The average Bonchev–Trinajstić information content (AvgIpc) is 3.23. The lowest BCUT2D eigenvalue weighted by Crippen LogP contribution is -2.57. The van der Waals surface area contributed by atoms with Crippen molar-refractivity contribution in [2.75, 3.05) is 18.8 Å². The second-order valence-corrected chi connectivity index (χ2v) is 7.85. The second-order valence-electron chi connectivity index (χ2n) is 7.49. The first-order chi connectivity index (χ1) is 15.5. The Labute approximate surface area is 195 Å². The van der Waals surface area contributed by atoms with Gasteiger partial charge in [0, 0.05) is 18.8 Å². The molecule has 0 aromatic rings. The Bertz CT molecular complexity index is 775. The summed E-state index contributed by atoms with van der Waals surface area (Å²) in [4.78, 5) is 65.6. The lowest BCUT2D eigenvalue weighted by molar-refractivity contribution is -0.149. The molecule has 33 heavy (non-hydrogen) atoms. The predicted octanol–water partition coefficient (Wildman–Crippen LogP) is -3.18. The normalized spacial score (nSPS) is 18.0. The summed E-state index contributed by atoms with van der Waals surface area (Å²) in [5, 5.41) is 23.2. The van der Waals surface area contributed by atoms with E-state index in [0.29, 0.717) is 6.42 Å². The van der Waals surface area contributed by atoms with E-state index in [1.807, 2.05) is 0 Å². The third-order valence-corrected chi connectivity index (χ3v) is 5.32. The number of thiol groups is 1. The van der Waals surface area contributed by atoms with Crippen LogP contribution in [-0.2, 0) is 24.0 Å². The summed E-state index contributed by atoms with van der Waals surface area (Å²) in [6.07, 6.45) is 0.313. The van der Waals surface area contributed by atoms with Crippen LogP contribution >= 0.6 is 12.6 Å². The molecule has 0 aromatic heterocycles. The van der Waals surface area contributed by atoms with E-state index in [1.54, 1.807) is 0 Å². The van der Waals surface area contributed by atoms with Crippen LogP contribution < -0.4 is 27.8 Å². The quantitative estimate of drug-likeness (QED) is 0.0557. The Morgan fingerprint density at radius 3 is 2.27 bits per heavy atom. The number of hydrogen-bond donors (Lipinski definition) is 8. The predicted molar refractivity (Wildman–Crippen MR) is 120 cm³/mol. The zero-order valence-electron chi connectivity index (χ0n) is 18.0. The molecule has 0 radical (unpaired) electrons. The summed E-state index contributed by atoms with van der Waals surface area (Å²) in [7, 11) is 0. The van der Waals surface area contributed by atoms with Gasteiger partial charge in [0.15, 0.2) is 5.96 Å². The first-order valence-corrected chi connectivity index (χ1v) is 10.9. The fourth-order valence-electron chi connectivity index (χ4n) is 3.27. The molecule has 186 valence electrons. The summed E-state index contributed by atoms with van der Waals surface area (Å²) in [6.45, 7) is 0.346. The number of nitrogens with one attached hydrogen (secondary N) is 2. The molecule has 15 heteroatoms. The molecule has 0 spiro atoms. The molecule has 1 aliphatic rings. The molecule has 0 bridgehead atoms. The molecular formula is C18H31N7O7S. The van der Waals surface area contributed by atoms with Crippen molar-refractivity contribution in [3.8, 4) is 0 Å². The van der Waals surface area contributed by atoms with Crippen molar-refractivity contribution in [2.45, 2.75) is 56.3 Å². The average molecular weight is 490 g/mol. The van der Waals surface area contributed by atoms with Crippen LogP contribution in [-0.4, -0.2) is 93.7 Å². The molecule has 0 aromatic carbocycles. The Morgan fingerprint density at radius 1 is 1.09 bits per heavy atom. The third-order valence-electron chi connectivity index (χ3n) is 4.93. The fourth-order valence-corrected chi connectivity index (χ4v) is 3.43. The smallest absolute Gasteiger partial charge is 0.326 e. The van der Waals surface area contributed by atoms with Gasteiger partial charge in [0.05, 0.1) is 12.5 Å². The highest BCUT2D eigenvalue weighted by molar-refractivity contribution is 7.80. The maximum atomic E-state index is 13.1. The fraction of sp³-hybridized carbons (Fsp3) is 0.667. The summed E-state index contributed by atoms with van der Waals surface area (Å²) in [5.41, 5.74) is 16.1. The standard InChI is InChI=1S/C18H31N7O7S/c19-9(8-33)14(28)24-11(7-13(26)27)15(29)23-10(3-1-5-22-18(20)21)16(30)25-6-2-4-12(25)17(31)32/h9-12,33H,1-8,19H2,(H,23,29)(H,24,28)(H,26,27)(H,31,32)(H4,20,21,22). The van der Waals surface area contributed by atoms with Gasteiger partial charge in [0.1, 0.15) is 18.1 Å². The molecule has 1 aliphatic heterocycles. The van der Waals surface area contributed by atoms with Gasteiger partial charge in [0.2, 0.25) is 17.7 Å². The van der Waals surface area contributed by atoms with Crippen LogP contribution in [0.15, 0.2) is 4.99 Å². The van der Waals surface area contributed by atoms with Gasteiger partial charge in [-0.3, -0.25) is 24.2 Å². The maximum Gasteiger partial charge on any atom is 0.326 e. The summed E-state index contributed by atoms with van der Waals surface area (Å²) >= 11 is 3.89. The van der Waals surface area contributed by atoms with Crippen molar-refractivity contribution in [2.24, 2.45) is 22.2 Å². The van der Waals surface area contributed by atoms with Crippen molar-refractivity contribution >= 4 is 48.2 Å². The Balaban J connectivity index is 3.03. The van der Waals surface area contributed by atoms with Gasteiger partial charge in [-0.25, -0.2) is 4.79 Å². The molecule has 3 amide bonds. The molecule has 14 nitrogen and oxygen atoms in total. The number of likely N-dealkylation sites (tertiary alicyclic amines) is 1. The second kappa shape index (κ2) is 13.5. The Kier molecular flexibility index (Phi) is 11.4. The van der Waals surface area contributed by atoms with Gasteiger partial charge in [0.25, 0.3) is 0 Å². The number of carbonyl (C=O) groups excluding carboxylic acids is 3. The number of nitrogens with zero attached hydrogens (tertiary/aromatic N) is 2.